The van der Waals surface area contributed by atoms with Gasteiger partial charge in [0.1, 0.15) is 23.3 Å². The van der Waals surface area contributed by atoms with Crippen LogP contribution in [0, 0.1) is 0 Å². The van der Waals surface area contributed by atoms with Crippen molar-refractivity contribution in [2.24, 2.45) is 0 Å². The molecule has 4 aromatic carbocycles. The summed E-state index contributed by atoms with van der Waals surface area (Å²) in [5.41, 5.74) is 5.10. The first-order chi connectivity index (χ1) is 22.3. The molecule has 5 heteroatoms. The van der Waals surface area contributed by atoms with E-state index in [9.17, 15) is 4.21 Å². The zero-order valence-electron chi connectivity index (χ0n) is 28.3. The standard InChI is InChI=1S/C41H52NO2PS/c1-41(2,3)46(43)42(4)39(34-28-27-32-19-14-15-20-33(32)29-34)37-25-16-26-38(44-30-31-17-8-5-9-18-31)40(37)45(35-21-10-6-11-22-35)36-23-12-7-13-24-36/h5,8-9,14-20,25-29,35-36,39H,6-7,10-13,21-24,30H2,1-4H3/t39?,46-/m1/s1. The molecule has 2 aliphatic carbocycles. The molecule has 0 spiro atoms. The van der Waals surface area contributed by atoms with Crippen LogP contribution in [0.15, 0.2) is 91.0 Å². The van der Waals surface area contributed by atoms with Gasteiger partial charge in [-0.2, -0.15) is 0 Å². The molecule has 244 valence electrons. The van der Waals surface area contributed by atoms with Crippen LogP contribution in [-0.4, -0.2) is 31.6 Å². The third-order valence-corrected chi connectivity index (χ3v) is 15.4. The molecular weight excluding hydrogens is 601 g/mol. The summed E-state index contributed by atoms with van der Waals surface area (Å²) >= 11 is 0. The minimum Gasteiger partial charge on any atom is -0.488 e. The monoisotopic (exact) mass is 653 g/mol. The van der Waals surface area contributed by atoms with E-state index in [1.165, 1.54) is 97.0 Å². The van der Waals surface area contributed by atoms with Gasteiger partial charge < -0.3 is 4.74 Å². The van der Waals surface area contributed by atoms with Crippen molar-refractivity contribution >= 4 is 35.0 Å². The van der Waals surface area contributed by atoms with E-state index < -0.39 is 18.9 Å². The van der Waals surface area contributed by atoms with Gasteiger partial charge in [-0.05, 0) is 97.4 Å². The number of hydrogen-bond donors (Lipinski definition) is 0. The first-order valence-corrected chi connectivity index (χ1v) is 20.1. The summed E-state index contributed by atoms with van der Waals surface area (Å²) in [4.78, 5) is 0. The number of benzene rings is 4. The fraction of sp³-hybridized carbons (Fsp3) is 0.463. The lowest BCUT2D eigenvalue weighted by atomic mass is 9.96. The zero-order chi connectivity index (χ0) is 32.1. The average Bonchev–Trinajstić information content (AvgIpc) is 3.09. The van der Waals surface area contributed by atoms with Gasteiger partial charge in [-0.25, -0.2) is 8.51 Å². The third-order valence-electron chi connectivity index (χ3n) is 9.99. The quantitative estimate of drug-likeness (QED) is 0.159. The van der Waals surface area contributed by atoms with Crippen LogP contribution >= 0.6 is 7.92 Å². The van der Waals surface area contributed by atoms with E-state index >= 15 is 0 Å². The van der Waals surface area contributed by atoms with Crippen LogP contribution in [0.1, 0.15) is 108 Å². The summed E-state index contributed by atoms with van der Waals surface area (Å²) in [6, 6.07) is 32.7. The average molecular weight is 654 g/mol. The van der Waals surface area contributed by atoms with Crippen LogP contribution in [0.5, 0.6) is 5.75 Å². The minimum absolute atomic E-state index is 0.155. The molecule has 0 bridgehead atoms. The Morgan fingerprint density at radius 1 is 0.761 bits per heavy atom. The fourth-order valence-electron chi connectivity index (χ4n) is 7.76. The Balaban J connectivity index is 1.56. The zero-order valence-corrected chi connectivity index (χ0v) is 30.0. The van der Waals surface area contributed by atoms with Crippen molar-refractivity contribution in [3.63, 3.8) is 0 Å². The molecule has 0 amide bonds. The van der Waals surface area contributed by atoms with Crippen molar-refractivity contribution in [2.45, 2.75) is 114 Å². The third kappa shape index (κ3) is 7.61. The lowest BCUT2D eigenvalue weighted by Crippen LogP contribution is -2.40. The number of hydrogen-bond acceptors (Lipinski definition) is 2. The molecule has 0 aromatic heterocycles. The highest BCUT2D eigenvalue weighted by Crippen LogP contribution is 2.58. The maximum absolute atomic E-state index is 14.3. The van der Waals surface area contributed by atoms with Crippen LogP contribution in [0.3, 0.4) is 0 Å². The number of rotatable bonds is 10. The number of nitrogens with zero attached hydrogens (tertiary/aromatic N) is 1. The molecule has 46 heavy (non-hydrogen) atoms. The van der Waals surface area contributed by atoms with Crippen molar-refractivity contribution in [3.8, 4) is 5.75 Å². The van der Waals surface area contributed by atoms with Crippen molar-refractivity contribution in [2.75, 3.05) is 7.05 Å². The number of fused-ring (bicyclic) bond motifs is 1. The lowest BCUT2D eigenvalue weighted by Gasteiger charge is -2.42. The van der Waals surface area contributed by atoms with Crippen molar-refractivity contribution in [1.29, 1.82) is 0 Å². The second-order valence-electron chi connectivity index (χ2n) is 14.4. The fourth-order valence-corrected chi connectivity index (χ4v) is 13.1. The van der Waals surface area contributed by atoms with Gasteiger partial charge in [-0.15, -0.1) is 0 Å². The predicted octanol–water partition coefficient (Wildman–Crippen LogP) is 10.7. The molecule has 0 aliphatic heterocycles. The first kappa shape index (κ1) is 33.4. The van der Waals surface area contributed by atoms with Crippen LogP contribution in [0.4, 0.5) is 0 Å². The van der Waals surface area contributed by atoms with Gasteiger partial charge in [0.05, 0.1) is 10.8 Å². The Kier molecular flexibility index (Phi) is 11.0. The molecule has 2 atom stereocenters. The topological polar surface area (TPSA) is 29.5 Å². The molecule has 0 heterocycles. The summed E-state index contributed by atoms with van der Waals surface area (Å²) in [6.45, 7) is 6.83. The summed E-state index contributed by atoms with van der Waals surface area (Å²) in [6.07, 6.45) is 13.3. The minimum atomic E-state index is -1.22. The molecule has 2 saturated carbocycles. The van der Waals surface area contributed by atoms with Crippen LogP contribution in [0.25, 0.3) is 10.8 Å². The van der Waals surface area contributed by atoms with Gasteiger partial charge in [0.25, 0.3) is 0 Å². The van der Waals surface area contributed by atoms with Gasteiger partial charge in [0.2, 0.25) is 0 Å². The van der Waals surface area contributed by atoms with Crippen molar-refractivity contribution in [3.05, 3.63) is 108 Å². The lowest BCUT2D eigenvalue weighted by molar-refractivity contribution is 0.308. The van der Waals surface area contributed by atoms with E-state index in [0.717, 1.165) is 5.75 Å². The molecule has 2 aliphatic rings. The van der Waals surface area contributed by atoms with Crippen LogP contribution in [0.2, 0.25) is 0 Å². The van der Waals surface area contributed by atoms with E-state index in [-0.39, 0.29) is 10.8 Å². The highest BCUT2D eigenvalue weighted by atomic mass is 32.2. The predicted molar refractivity (Wildman–Crippen MR) is 199 cm³/mol. The molecule has 0 saturated heterocycles. The summed E-state index contributed by atoms with van der Waals surface area (Å²) in [5, 5.41) is 3.90. The Labute approximate surface area is 281 Å². The van der Waals surface area contributed by atoms with Gasteiger partial charge in [0.15, 0.2) is 0 Å². The summed E-state index contributed by atoms with van der Waals surface area (Å²) < 4.78 is 23.0. The summed E-state index contributed by atoms with van der Waals surface area (Å²) in [7, 11) is 0.363. The van der Waals surface area contributed by atoms with E-state index in [4.69, 9.17) is 4.74 Å². The van der Waals surface area contributed by atoms with Gasteiger partial charge >= 0.3 is 0 Å². The van der Waals surface area contributed by atoms with Gasteiger partial charge in [-0.1, -0.05) is 125 Å². The van der Waals surface area contributed by atoms with Gasteiger partial charge in [-0.3, -0.25) is 0 Å². The second-order valence-corrected chi connectivity index (χ2v) is 19.4. The largest absolute Gasteiger partial charge is 0.488 e. The molecule has 4 aromatic rings. The highest BCUT2D eigenvalue weighted by molar-refractivity contribution is 7.84. The van der Waals surface area contributed by atoms with Gasteiger partial charge in [0, 0.05) is 12.4 Å². The van der Waals surface area contributed by atoms with Crippen LogP contribution in [-0.2, 0) is 17.6 Å². The van der Waals surface area contributed by atoms with Crippen LogP contribution < -0.4 is 10.0 Å². The Morgan fingerprint density at radius 2 is 1.37 bits per heavy atom. The molecule has 2 fully saturated rings. The Hall–Kier alpha value is -2.52. The normalized spacial score (nSPS) is 18.2. The maximum Gasteiger partial charge on any atom is 0.127 e. The van der Waals surface area contributed by atoms with E-state index in [0.29, 0.717) is 17.9 Å². The second kappa shape index (κ2) is 15.1. The Bertz CT molecular complexity index is 1590. The molecule has 6 rings (SSSR count). The first-order valence-electron chi connectivity index (χ1n) is 17.5. The highest BCUT2D eigenvalue weighted by Gasteiger charge is 2.39. The Morgan fingerprint density at radius 3 is 2.00 bits per heavy atom. The molecule has 0 N–H and O–H groups in total. The van der Waals surface area contributed by atoms with Crippen molar-refractivity contribution in [1.82, 2.24) is 4.31 Å². The van der Waals surface area contributed by atoms with Crippen molar-refractivity contribution < 1.29 is 8.95 Å². The molecule has 0 radical (unpaired) electrons. The molecular formula is C41H52NO2PS. The number of ether oxygens (including phenoxy) is 1. The molecule has 1 unspecified atom stereocenters. The smallest absolute Gasteiger partial charge is 0.127 e. The maximum atomic E-state index is 14.3. The van der Waals surface area contributed by atoms with E-state index in [1.807, 2.05) is 0 Å². The molecule has 3 nitrogen and oxygen atoms in total. The van der Waals surface area contributed by atoms with E-state index in [2.05, 4.69) is 123 Å². The van der Waals surface area contributed by atoms with E-state index in [1.54, 1.807) is 0 Å². The SMILES string of the molecule is CN(C(c1ccc2ccccc2c1)c1cccc(OCc2ccccc2)c1P(C1CCCCC1)C1CCCCC1)[S@](=O)C(C)(C)C. The summed E-state index contributed by atoms with van der Waals surface area (Å²) in [5.74, 6) is 1.05.